The third kappa shape index (κ3) is 2.53. The molecule has 0 radical (unpaired) electrons. The maximum absolute atomic E-state index is 2.31. The first-order valence-electron chi connectivity index (χ1n) is 3.87. The predicted molar refractivity (Wildman–Crippen MR) is 55.6 cm³/mol. The highest BCUT2D eigenvalue weighted by molar-refractivity contribution is 7.98. The van der Waals surface area contributed by atoms with Gasteiger partial charge in [0.25, 0.3) is 0 Å². The number of aryl methyl sites for hydroxylation is 2. The molecule has 0 aliphatic heterocycles. The fraction of sp³-hybridized carbons (Fsp3) is 0.556. The van der Waals surface area contributed by atoms with Gasteiger partial charge < -0.3 is 0 Å². The summed E-state index contributed by atoms with van der Waals surface area (Å²) in [7, 11) is 0. The Kier molecular flexibility index (Phi) is 3.46. The number of hydrogen-bond donors (Lipinski definition) is 0. The van der Waals surface area contributed by atoms with Gasteiger partial charge in [-0.15, -0.1) is 11.3 Å². The van der Waals surface area contributed by atoms with E-state index in [1.807, 2.05) is 23.1 Å². The first-order chi connectivity index (χ1) is 5.24. The molecule has 0 saturated carbocycles. The highest BCUT2D eigenvalue weighted by Gasteiger charge is 2.00. The van der Waals surface area contributed by atoms with Crippen molar-refractivity contribution in [3.8, 4) is 0 Å². The molecular weight excluding hydrogens is 172 g/mol. The molecule has 0 aromatic carbocycles. The predicted octanol–water partition coefficient (Wildman–Crippen LogP) is 3.62. The van der Waals surface area contributed by atoms with Crippen LogP contribution in [0.5, 0.6) is 0 Å². The van der Waals surface area contributed by atoms with Crippen LogP contribution in [0, 0.1) is 13.8 Å². The Hall–Kier alpha value is 0.0500. The molecule has 1 aromatic heterocycles. The Balaban J connectivity index is 2.62. The maximum Gasteiger partial charge on any atom is 0.0195 e. The summed E-state index contributed by atoms with van der Waals surface area (Å²) in [5.74, 6) is 2.40. The standard InChI is InChI=1S/C9H14S2/c1-4-10-6-9-5-7(2)11-8(9)3/h5H,4,6H2,1-3H3. The van der Waals surface area contributed by atoms with Crippen molar-refractivity contribution >= 4 is 23.1 Å². The van der Waals surface area contributed by atoms with Crippen LogP contribution >= 0.6 is 23.1 Å². The SMILES string of the molecule is CCSCc1cc(C)sc1C. The van der Waals surface area contributed by atoms with Gasteiger partial charge in [0.15, 0.2) is 0 Å². The van der Waals surface area contributed by atoms with Gasteiger partial charge in [0, 0.05) is 15.5 Å². The molecule has 0 nitrogen and oxygen atoms in total. The summed E-state index contributed by atoms with van der Waals surface area (Å²) in [5.41, 5.74) is 1.53. The van der Waals surface area contributed by atoms with E-state index in [4.69, 9.17) is 0 Å². The topological polar surface area (TPSA) is 0 Å². The zero-order valence-electron chi connectivity index (χ0n) is 7.31. The summed E-state index contributed by atoms with van der Waals surface area (Å²) in [6, 6.07) is 2.31. The quantitative estimate of drug-likeness (QED) is 0.695. The third-order valence-electron chi connectivity index (χ3n) is 1.61. The van der Waals surface area contributed by atoms with Crippen LogP contribution in [0.25, 0.3) is 0 Å². The Labute approximate surface area is 77.0 Å². The normalized spacial score (nSPS) is 10.5. The molecule has 0 aliphatic rings. The van der Waals surface area contributed by atoms with E-state index >= 15 is 0 Å². The van der Waals surface area contributed by atoms with Crippen molar-refractivity contribution in [2.45, 2.75) is 26.5 Å². The lowest BCUT2D eigenvalue weighted by Gasteiger charge is -1.95. The van der Waals surface area contributed by atoms with Crippen LogP contribution in [-0.2, 0) is 5.75 Å². The van der Waals surface area contributed by atoms with Crippen LogP contribution in [0.2, 0.25) is 0 Å². The number of thiophene rings is 1. The lowest BCUT2D eigenvalue weighted by Crippen LogP contribution is -1.78. The van der Waals surface area contributed by atoms with E-state index in [1.54, 1.807) is 0 Å². The van der Waals surface area contributed by atoms with Crippen LogP contribution < -0.4 is 0 Å². The average Bonchev–Trinajstić information content (AvgIpc) is 2.26. The molecular formula is C9H14S2. The molecule has 1 rings (SSSR count). The molecule has 0 bridgehead atoms. The van der Waals surface area contributed by atoms with E-state index in [0.29, 0.717) is 0 Å². The number of rotatable bonds is 3. The second kappa shape index (κ2) is 4.17. The number of hydrogen-bond acceptors (Lipinski definition) is 2. The Morgan fingerprint density at radius 3 is 2.64 bits per heavy atom. The first-order valence-corrected chi connectivity index (χ1v) is 5.84. The fourth-order valence-electron chi connectivity index (χ4n) is 1.04. The van der Waals surface area contributed by atoms with Crippen LogP contribution in [-0.4, -0.2) is 5.75 Å². The van der Waals surface area contributed by atoms with Gasteiger partial charge in [-0.3, -0.25) is 0 Å². The Bertz CT molecular complexity index is 225. The van der Waals surface area contributed by atoms with E-state index < -0.39 is 0 Å². The van der Waals surface area contributed by atoms with Crippen molar-refractivity contribution in [2.24, 2.45) is 0 Å². The smallest absolute Gasteiger partial charge is 0.0195 e. The first kappa shape index (κ1) is 9.14. The van der Waals surface area contributed by atoms with Gasteiger partial charge in [-0.05, 0) is 31.2 Å². The largest absolute Gasteiger partial charge is 0.157 e. The highest BCUT2D eigenvalue weighted by atomic mass is 32.2. The lowest BCUT2D eigenvalue weighted by molar-refractivity contribution is 1.37. The summed E-state index contributed by atoms with van der Waals surface area (Å²) < 4.78 is 0. The lowest BCUT2D eigenvalue weighted by atomic mass is 10.3. The van der Waals surface area contributed by atoms with Crippen LogP contribution in [0.3, 0.4) is 0 Å². The van der Waals surface area contributed by atoms with Gasteiger partial charge in [0.05, 0.1) is 0 Å². The van der Waals surface area contributed by atoms with E-state index in [1.165, 1.54) is 26.8 Å². The Morgan fingerprint density at radius 1 is 1.45 bits per heavy atom. The molecule has 0 spiro atoms. The van der Waals surface area contributed by atoms with Crippen molar-refractivity contribution < 1.29 is 0 Å². The fourth-order valence-corrected chi connectivity index (χ4v) is 2.80. The average molecular weight is 186 g/mol. The second-order valence-electron chi connectivity index (χ2n) is 2.58. The number of thioether (sulfide) groups is 1. The zero-order valence-corrected chi connectivity index (χ0v) is 8.94. The van der Waals surface area contributed by atoms with Crippen LogP contribution in [0.4, 0.5) is 0 Å². The summed E-state index contributed by atoms with van der Waals surface area (Å²) in [4.78, 5) is 2.93. The molecule has 0 N–H and O–H groups in total. The Morgan fingerprint density at radius 2 is 2.18 bits per heavy atom. The summed E-state index contributed by atoms with van der Waals surface area (Å²) in [6.07, 6.45) is 0. The van der Waals surface area contributed by atoms with Crippen molar-refractivity contribution in [2.75, 3.05) is 5.75 Å². The van der Waals surface area contributed by atoms with Crippen LogP contribution in [0.15, 0.2) is 6.07 Å². The van der Waals surface area contributed by atoms with E-state index in [-0.39, 0.29) is 0 Å². The molecule has 62 valence electrons. The molecule has 0 saturated heterocycles. The molecule has 0 aliphatic carbocycles. The van der Waals surface area contributed by atoms with Gasteiger partial charge in [-0.25, -0.2) is 0 Å². The minimum Gasteiger partial charge on any atom is -0.157 e. The summed E-state index contributed by atoms with van der Waals surface area (Å²) in [6.45, 7) is 6.60. The van der Waals surface area contributed by atoms with Gasteiger partial charge in [0.2, 0.25) is 0 Å². The molecule has 0 unspecified atom stereocenters. The zero-order chi connectivity index (χ0) is 8.27. The van der Waals surface area contributed by atoms with Crippen molar-refractivity contribution in [1.29, 1.82) is 0 Å². The van der Waals surface area contributed by atoms with Crippen molar-refractivity contribution in [3.63, 3.8) is 0 Å². The molecule has 1 aromatic rings. The van der Waals surface area contributed by atoms with Gasteiger partial charge in [0.1, 0.15) is 0 Å². The molecule has 1 heterocycles. The van der Waals surface area contributed by atoms with Crippen molar-refractivity contribution in [3.05, 3.63) is 21.4 Å². The van der Waals surface area contributed by atoms with Gasteiger partial charge in [-0.2, -0.15) is 11.8 Å². The summed E-state index contributed by atoms with van der Waals surface area (Å²) in [5, 5.41) is 0. The molecule has 2 heteroatoms. The van der Waals surface area contributed by atoms with E-state index in [9.17, 15) is 0 Å². The molecule has 0 fully saturated rings. The molecule has 0 atom stereocenters. The third-order valence-corrected chi connectivity index (χ3v) is 3.54. The molecule has 11 heavy (non-hydrogen) atoms. The minimum absolute atomic E-state index is 1.19. The monoisotopic (exact) mass is 186 g/mol. The molecule has 0 amide bonds. The van der Waals surface area contributed by atoms with Crippen LogP contribution in [0.1, 0.15) is 22.2 Å². The van der Waals surface area contributed by atoms with Gasteiger partial charge >= 0.3 is 0 Å². The van der Waals surface area contributed by atoms with Gasteiger partial charge in [-0.1, -0.05) is 6.92 Å². The van der Waals surface area contributed by atoms with Crippen molar-refractivity contribution in [1.82, 2.24) is 0 Å². The summed E-state index contributed by atoms with van der Waals surface area (Å²) >= 11 is 3.90. The maximum atomic E-state index is 2.31. The minimum atomic E-state index is 1.19. The van der Waals surface area contributed by atoms with E-state index in [2.05, 4.69) is 26.8 Å². The second-order valence-corrected chi connectivity index (χ2v) is 5.31. The van der Waals surface area contributed by atoms with E-state index in [0.717, 1.165) is 0 Å². The highest BCUT2D eigenvalue weighted by Crippen LogP contribution is 2.24.